The highest BCUT2D eigenvalue weighted by Crippen LogP contribution is 2.26. The van der Waals surface area contributed by atoms with E-state index in [1.54, 1.807) is 18.3 Å². The van der Waals surface area contributed by atoms with E-state index >= 15 is 0 Å². The molecule has 2 unspecified atom stereocenters. The third kappa shape index (κ3) is 2.99. The number of rotatable bonds is 3. The highest BCUT2D eigenvalue weighted by atomic mass is 35.5. The molecule has 106 valence electrons. The van der Waals surface area contributed by atoms with Crippen LogP contribution in [-0.4, -0.2) is 21.2 Å². The van der Waals surface area contributed by atoms with Gasteiger partial charge in [0.25, 0.3) is 0 Å². The lowest BCUT2D eigenvalue weighted by atomic mass is 9.83. The molecule has 0 amide bonds. The van der Waals surface area contributed by atoms with Crippen molar-refractivity contribution in [2.24, 2.45) is 11.7 Å². The maximum Gasteiger partial charge on any atom is 0.227 e. The van der Waals surface area contributed by atoms with Crippen molar-refractivity contribution < 1.29 is 4.52 Å². The minimum atomic E-state index is 0.243. The fourth-order valence-corrected chi connectivity index (χ4v) is 2.78. The Hall–Kier alpha value is -1.46. The van der Waals surface area contributed by atoms with Crippen LogP contribution in [0.1, 0.15) is 31.6 Å². The molecule has 1 aliphatic rings. The van der Waals surface area contributed by atoms with E-state index in [2.05, 4.69) is 15.1 Å². The molecule has 0 aromatic carbocycles. The minimum Gasteiger partial charge on any atom is -0.339 e. The number of pyridine rings is 1. The van der Waals surface area contributed by atoms with E-state index in [9.17, 15) is 0 Å². The van der Waals surface area contributed by atoms with Gasteiger partial charge in [-0.3, -0.25) is 4.98 Å². The Morgan fingerprint density at radius 2 is 2.15 bits per heavy atom. The summed E-state index contributed by atoms with van der Waals surface area (Å²) in [6.07, 6.45) is 7.01. The smallest absolute Gasteiger partial charge is 0.227 e. The first-order valence-electron chi connectivity index (χ1n) is 6.92. The van der Waals surface area contributed by atoms with Crippen molar-refractivity contribution in [2.45, 2.75) is 38.1 Å². The van der Waals surface area contributed by atoms with Gasteiger partial charge in [0, 0.05) is 18.7 Å². The molecule has 20 heavy (non-hydrogen) atoms. The third-order valence-electron chi connectivity index (χ3n) is 3.83. The van der Waals surface area contributed by atoms with Crippen molar-refractivity contribution in [1.82, 2.24) is 15.1 Å². The first kappa shape index (κ1) is 13.5. The quantitative estimate of drug-likeness (QED) is 0.941. The van der Waals surface area contributed by atoms with E-state index in [4.69, 9.17) is 21.9 Å². The molecule has 2 N–H and O–H groups in total. The largest absolute Gasteiger partial charge is 0.339 e. The summed E-state index contributed by atoms with van der Waals surface area (Å²) < 4.78 is 5.31. The van der Waals surface area contributed by atoms with Gasteiger partial charge in [0.15, 0.2) is 0 Å². The van der Waals surface area contributed by atoms with Gasteiger partial charge in [0.05, 0.1) is 5.02 Å². The number of aromatic nitrogens is 3. The average Bonchev–Trinajstić information content (AvgIpc) is 2.91. The molecule has 0 spiro atoms. The molecule has 0 aliphatic heterocycles. The monoisotopic (exact) mass is 292 g/mol. The number of halogens is 1. The SMILES string of the molecule is NC1CCCCC1Cc1nc(-c2ccc(Cl)cn2)no1. The summed E-state index contributed by atoms with van der Waals surface area (Å²) in [6, 6.07) is 3.79. The molecule has 1 saturated carbocycles. The second-order valence-electron chi connectivity index (χ2n) is 5.29. The molecule has 0 saturated heterocycles. The first-order chi connectivity index (χ1) is 9.72. The zero-order chi connectivity index (χ0) is 13.9. The summed E-state index contributed by atoms with van der Waals surface area (Å²) in [4.78, 5) is 8.58. The van der Waals surface area contributed by atoms with Crippen molar-refractivity contribution in [1.29, 1.82) is 0 Å². The molecule has 0 radical (unpaired) electrons. The van der Waals surface area contributed by atoms with Crippen molar-refractivity contribution in [3.8, 4) is 11.5 Å². The Bertz CT molecular complexity index is 569. The lowest BCUT2D eigenvalue weighted by Crippen LogP contribution is -2.34. The highest BCUT2D eigenvalue weighted by molar-refractivity contribution is 6.30. The van der Waals surface area contributed by atoms with E-state index < -0.39 is 0 Å². The van der Waals surface area contributed by atoms with Crippen LogP contribution in [0.15, 0.2) is 22.9 Å². The van der Waals surface area contributed by atoms with Gasteiger partial charge in [0.1, 0.15) is 5.69 Å². The van der Waals surface area contributed by atoms with Crippen LogP contribution in [0, 0.1) is 5.92 Å². The molecule has 5 nitrogen and oxygen atoms in total. The maximum absolute atomic E-state index is 6.14. The zero-order valence-corrected chi connectivity index (χ0v) is 11.9. The maximum atomic E-state index is 6.14. The van der Waals surface area contributed by atoms with Crippen LogP contribution in [0.25, 0.3) is 11.5 Å². The van der Waals surface area contributed by atoms with Gasteiger partial charge in [-0.25, -0.2) is 0 Å². The fourth-order valence-electron chi connectivity index (χ4n) is 2.66. The fraction of sp³-hybridized carbons (Fsp3) is 0.500. The molecular formula is C14H17ClN4O. The first-order valence-corrected chi connectivity index (χ1v) is 7.30. The van der Waals surface area contributed by atoms with E-state index in [0.29, 0.717) is 28.3 Å². The van der Waals surface area contributed by atoms with Crippen LogP contribution >= 0.6 is 11.6 Å². The molecule has 2 heterocycles. The predicted octanol–water partition coefficient (Wildman–Crippen LogP) is 2.85. The average molecular weight is 293 g/mol. The van der Waals surface area contributed by atoms with Crippen LogP contribution < -0.4 is 5.73 Å². The molecule has 0 bridgehead atoms. The van der Waals surface area contributed by atoms with E-state index in [-0.39, 0.29) is 6.04 Å². The molecule has 2 aromatic rings. The Kier molecular flexibility index (Phi) is 3.98. The topological polar surface area (TPSA) is 77.8 Å². The van der Waals surface area contributed by atoms with E-state index in [1.165, 1.54) is 12.8 Å². The van der Waals surface area contributed by atoms with Gasteiger partial charge in [0.2, 0.25) is 11.7 Å². The molecule has 2 atom stereocenters. The number of nitrogens with two attached hydrogens (primary N) is 1. The van der Waals surface area contributed by atoms with Crippen LogP contribution in [0.5, 0.6) is 0 Å². The normalized spacial score (nSPS) is 22.9. The van der Waals surface area contributed by atoms with Gasteiger partial charge in [-0.2, -0.15) is 4.98 Å². The van der Waals surface area contributed by atoms with Crippen molar-refractivity contribution in [2.75, 3.05) is 0 Å². The Morgan fingerprint density at radius 1 is 1.30 bits per heavy atom. The molecule has 1 fully saturated rings. The molecule has 3 rings (SSSR count). The Balaban J connectivity index is 1.71. The second kappa shape index (κ2) is 5.89. The van der Waals surface area contributed by atoms with Crippen LogP contribution in [0.4, 0.5) is 0 Å². The zero-order valence-electron chi connectivity index (χ0n) is 11.1. The number of hydrogen-bond donors (Lipinski definition) is 1. The molecule has 1 aliphatic carbocycles. The van der Waals surface area contributed by atoms with Gasteiger partial charge in [-0.05, 0) is 30.9 Å². The van der Waals surface area contributed by atoms with E-state index in [0.717, 1.165) is 19.3 Å². The van der Waals surface area contributed by atoms with Gasteiger partial charge in [-0.1, -0.05) is 29.6 Å². The Labute approximate surface area is 122 Å². The Morgan fingerprint density at radius 3 is 2.90 bits per heavy atom. The predicted molar refractivity (Wildman–Crippen MR) is 76.2 cm³/mol. The summed E-state index contributed by atoms with van der Waals surface area (Å²) in [7, 11) is 0. The minimum absolute atomic E-state index is 0.243. The van der Waals surface area contributed by atoms with Crippen molar-refractivity contribution in [3.05, 3.63) is 29.2 Å². The third-order valence-corrected chi connectivity index (χ3v) is 4.05. The lowest BCUT2D eigenvalue weighted by molar-refractivity contribution is 0.273. The van der Waals surface area contributed by atoms with Crippen LogP contribution in [0.2, 0.25) is 5.02 Å². The van der Waals surface area contributed by atoms with Crippen LogP contribution in [0.3, 0.4) is 0 Å². The van der Waals surface area contributed by atoms with Crippen molar-refractivity contribution >= 4 is 11.6 Å². The molecule has 6 heteroatoms. The summed E-state index contributed by atoms with van der Waals surface area (Å²) in [5.41, 5.74) is 6.81. The van der Waals surface area contributed by atoms with E-state index in [1.807, 2.05) is 0 Å². The number of nitrogens with zero attached hydrogens (tertiary/aromatic N) is 3. The summed E-state index contributed by atoms with van der Waals surface area (Å²) in [5, 5.41) is 4.56. The lowest BCUT2D eigenvalue weighted by Gasteiger charge is -2.27. The standard InChI is InChI=1S/C14H17ClN4O/c15-10-5-6-12(17-8-10)14-18-13(20-19-14)7-9-3-1-2-4-11(9)16/h5-6,8-9,11H,1-4,7,16H2. The van der Waals surface area contributed by atoms with Gasteiger partial charge in [-0.15, -0.1) is 0 Å². The number of hydrogen-bond acceptors (Lipinski definition) is 5. The van der Waals surface area contributed by atoms with Crippen LogP contribution in [-0.2, 0) is 6.42 Å². The molecule has 2 aromatic heterocycles. The second-order valence-corrected chi connectivity index (χ2v) is 5.72. The summed E-state index contributed by atoms with van der Waals surface area (Å²) >= 11 is 5.81. The summed E-state index contributed by atoms with van der Waals surface area (Å²) in [5.74, 6) is 1.58. The van der Waals surface area contributed by atoms with Gasteiger partial charge >= 0.3 is 0 Å². The summed E-state index contributed by atoms with van der Waals surface area (Å²) in [6.45, 7) is 0. The highest BCUT2D eigenvalue weighted by Gasteiger charge is 2.24. The molecular weight excluding hydrogens is 276 g/mol. The van der Waals surface area contributed by atoms with Gasteiger partial charge < -0.3 is 10.3 Å². The van der Waals surface area contributed by atoms with Crippen molar-refractivity contribution in [3.63, 3.8) is 0 Å².